The number of nitriles is 1. The molecule has 0 amide bonds. The van der Waals surface area contributed by atoms with Crippen molar-refractivity contribution in [3.05, 3.63) is 156 Å². The van der Waals surface area contributed by atoms with Crippen molar-refractivity contribution in [2.75, 3.05) is 13.7 Å². The van der Waals surface area contributed by atoms with E-state index in [1.54, 1.807) is 42.9 Å². The van der Waals surface area contributed by atoms with Crippen LogP contribution in [0.1, 0.15) is 40.8 Å². The summed E-state index contributed by atoms with van der Waals surface area (Å²) in [5.74, 6) is 0.712. The van der Waals surface area contributed by atoms with Gasteiger partial charge in [0.2, 0.25) is 0 Å². The highest BCUT2D eigenvalue weighted by molar-refractivity contribution is 7.07. The quantitative estimate of drug-likeness (QED) is 0.203. The van der Waals surface area contributed by atoms with Crippen molar-refractivity contribution in [1.82, 2.24) is 4.57 Å². The molecule has 1 aliphatic heterocycles. The average Bonchev–Trinajstić information content (AvgIpc) is 3.41. The molecular weight excluding hydrogens is 598 g/mol. The van der Waals surface area contributed by atoms with Crippen molar-refractivity contribution < 1.29 is 19.0 Å². The Morgan fingerprint density at radius 3 is 2.48 bits per heavy atom. The highest BCUT2D eigenvalue weighted by Crippen LogP contribution is 2.35. The van der Waals surface area contributed by atoms with E-state index in [9.17, 15) is 14.9 Å². The van der Waals surface area contributed by atoms with Crippen LogP contribution in [0.4, 0.5) is 0 Å². The number of carbonyl (C=O) groups is 1. The van der Waals surface area contributed by atoms with Crippen molar-refractivity contribution in [3.63, 3.8) is 0 Å². The molecule has 2 heterocycles. The molecule has 0 N–H and O–H groups in total. The fraction of sp³-hybridized carbons (Fsp3) is 0.135. The van der Waals surface area contributed by atoms with Gasteiger partial charge in [-0.3, -0.25) is 9.36 Å². The predicted molar refractivity (Wildman–Crippen MR) is 176 cm³/mol. The third kappa shape index (κ3) is 6.11. The molecule has 0 radical (unpaired) electrons. The number of ether oxygens (including phenoxy) is 3. The molecule has 0 saturated heterocycles. The van der Waals surface area contributed by atoms with Gasteiger partial charge in [0.1, 0.15) is 18.1 Å². The second-order valence-corrected chi connectivity index (χ2v) is 11.3. The summed E-state index contributed by atoms with van der Waals surface area (Å²) >= 11 is 1.25. The number of methoxy groups -OCH3 is 1. The molecule has 9 heteroatoms. The number of esters is 1. The van der Waals surface area contributed by atoms with E-state index in [4.69, 9.17) is 19.2 Å². The Morgan fingerprint density at radius 2 is 1.74 bits per heavy atom. The number of fused-ring (bicyclic) bond motifs is 1. The fourth-order valence-electron chi connectivity index (χ4n) is 5.30. The van der Waals surface area contributed by atoms with Gasteiger partial charge in [0, 0.05) is 11.1 Å². The molecule has 0 unspecified atom stereocenters. The van der Waals surface area contributed by atoms with Crippen LogP contribution in [0.2, 0.25) is 0 Å². The Balaban J connectivity index is 1.47. The minimum atomic E-state index is -0.784. The predicted octanol–water partition coefficient (Wildman–Crippen LogP) is 5.39. The Labute approximate surface area is 269 Å². The number of hydrogen-bond donors (Lipinski definition) is 0. The van der Waals surface area contributed by atoms with Gasteiger partial charge in [-0.1, -0.05) is 84.1 Å². The number of hydrogen-bond acceptors (Lipinski definition) is 8. The Bertz CT molecular complexity index is 2160. The third-order valence-corrected chi connectivity index (χ3v) is 8.48. The summed E-state index contributed by atoms with van der Waals surface area (Å²) in [6.07, 6.45) is 1.79. The first-order chi connectivity index (χ1) is 22.5. The Hall–Kier alpha value is -5.72. The molecule has 228 valence electrons. The zero-order valence-electron chi connectivity index (χ0n) is 25.2. The number of nitrogens with zero attached hydrogens (tertiary/aromatic N) is 3. The van der Waals surface area contributed by atoms with Crippen LogP contribution in [-0.2, 0) is 16.1 Å². The van der Waals surface area contributed by atoms with Gasteiger partial charge in [-0.25, -0.2) is 9.79 Å². The van der Waals surface area contributed by atoms with E-state index in [0.29, 0.717) is 37.7 Å². The number of aromatic nitrogens is 1. The summed E-state index contributed by atoms with van der Waals surface area (Å²) in [4.78, 5) is 33.2. The lowest BCUT2D eigenvalue weighted by atomic mass is 9.93. The van der Waals surface area contributed by atoms with Gasteiger partial charge in [0.25, 0.3) is 5.56 Å². The first-order valence-corrected chi connectivity index (χ1v) is 15.5. The summed E-state index contributed by atoms with van der Waals surface area (Å²) in [6.45, 7) is 2.15. The summed E-state index contributed by atoms with van der Waals surface area (Å²) in [6, 6.07) is 32.8. The van der Waals surface area contributed by atoms with Crippen LogP contribution in [-0.4, -0.2) is 24.3 Å². The van der Waals surface area contributed by atoms with E-state index < -0.39 is 12.0 Å². The maximum absolute atomic E-state index is 14.2. The molecule has 1 aliphatic rings. The van der Waals surface area contributed by atoms with Crippen LogP contribution in [0.15, 0.2) is 118 Å². The normalized spacial score (nSPS) is 14.2. The average molecular weight is 628 g/mol. The summed E-state index contributed by atoms with van der Waals surface area (Å²) < 4.78 is 18.9. The second-order valence-electron chi connectivity index (χ2n) is 10.3. The van der Waals surface area contributed by atoms with Gasteiger partial charge in [-0.05, 0) is 54.5 Å². The van der Waals surface area contributed by atoms with Crippen LogP contribution < -0.4 is 24.4 Å². The van der Waals surface area contributed by atoms with Crippen molar-refractivity contribution in [2.24, 2.45) is 4.99 Å². The minimum absolute atomic E-state index is 0.171. The largest absolute Gasteiger partial charge is 0.497 e. The molecule has 0 saturated carbocycles. The maximum atomic E-state index is 14.2. The fourth-order valence-corrected chi connectivity index (χ4v) is 6.30. The van der Waals surface area contributed by atoms with Gasteiger partial charge in [0.15, 0.2) is 4.80 Å². The number of rotatable bonds is 9. The topological polar surface area (TPSA) is 103 Å². The van der Waals surface area contributed by atoms with Crippen LogP contribution in [0.3, 0.4) is 0 Å². The van der Waals surface area contributed by atoms with Gasteiger partial charge in [-0.2, -0.15) is 5.26 Å². The van der Waals surface area contributed by atoms with Gasteiger partial charge < -0.3 is 14.2 Å². The minimum Gasteiger partial charge on any atom is -0.497 e. The van der Waals surface area contributed by atoms with E-state index in [1.165, 1.54) is 11.3 Å². The molecule has 4 aromatic carbocycles. The lowest BCUT2D eigenvalue weighted by Gasteiger charge is -2.26. The van der Waals surface area contributed by atoms with Crippen molar-refractivity contribution in [3.8, 4) is 17.6 Å². The smallest absolute Gasteiger partial charge is 0.338 e. The zero-order chi connectivity index (χ0) is 32.0. The highest BCUT2D eigenvalue weighted by Gasteiger charge is 2.35. The Morgan fingerprint density at radius 1 is 0.978 bits per heavy atom. The van der Waals surface area contributed by atoms with Crippen molar-refractivity contribution in [2.45, 2.75) is 19.6 Å². The SMILES string of the molecule is CCOC(=O)C1=C(c2ccccc2)N=c2s/c(=C\c3cccc(OCc4ccccc4C#N)c3)c(=O)n2[C@@H]1c1ccc(OC)cc1. The van der Waals surface area contributed by atoms with Gasteiger partial charge >= 0.3 is 5.97 Å². The van der Waals surface area contributed by atoms with E-state index in [1.807, 2.05) is 84.9 Å². The third-order valence-electron chi connectivity index (χ3n) is 7.49. The summed E-state index contributed by atoms with van der Waals surface area (Å²) in [5.41, 5.74) is 4.01. The molecular formula is C37H29N3O5S. The monoisotopic (exact) mass is 627 g/mol. The molecule has 0 aliphatic carbocycles. The van der Waals surface area contributed by atoms with Crippen LogP contribution in [0.5, 0.6) is 11.5 Å². The van der Waals surface area contributed by atoms with Crippen LogP contribution >= 0.6 is 11.3 Å². The van der Waals surface area contributed by atoms with Crippen LogP contribution in [0.25, 0.3) is 11.8 Å². The van der Waals surface area contributed by atoms with Crippen LogP contribution in [0, 0.1) is 11.3 Å². The first kappa shape index (κ1) is 30.3. The van der Waals surface area contributed by atoms with Gasteiger partial charge in [-0.15, -0.1) is 0 Å². The van der Waals surface area contributed by atoms with Crippen molar-refractivity contribution in [1.29, 1.82) is 5.26 Å². The molecule has 1 atom stereocenters. The lowest BCUT2D eigenvalue weighted by Crippen LogP contribution is -2.40. The molecule has 0 fully saturated rings. The molecule has 6 rings (SSSR count). The first-order valence-electron chi connectivity index (χ1n) is 14.6. The number of benzene rings is 4. The van der Waals surface area contributed by atoms with E-state index in [0.717, 1.165) is 16.7 Å². The molecule has 8 nitrogen and oxygen atoms in total. The standard InChI is InChI=1S/C37H29N3O5S/c1-3-44-36(42)32-33(25-11-5-4-6-12-25)39-37-40(34(32)26-16-18-29(43-2)19-17-26)35(41)31(46-37)21-24-10-9-15-30(20-24)45-23-28-14-8-7-13-27(28)22-38/h4-21,34H,3,23H2,1-2H3/b31-21-/t34-/m1/s1. The summed E-state index contributed by atoms with van der Waals surface area (Å²) in [7, 11) is 1.58. The zero-order valence-corrected chi connectivity index (χ0v) is 26.0. The van der Waals surface area contributed by atoms with E-state index in [2.05, 4.69) is 6.07 Å². The van der Waals surface area contributed by atoms with Crippen molar-refractivity contribution >= 4 is 29.1 Å². The Kier molecular flexibility index (Phi) is 8.90. The number of carbonyl (C=O) groups excluding carboxylic acids is 1. The highest BCUT2D eigenvalue weighted by atomic mass is 32.1. The number of thiazole rings is 1. The molecule has 5 aromatic rings. The van der Waals surface area contributed by atoms with Gasteiger partial charge in [0.05, 0.1) is 47.2 Å². The molecule has 1 aromatic heterocycles. The van der Waals surface area contributed by atoms with E-state index in [-0.39, 0.29) is 24.3 Å². The molecule has 0 spiro atoms. The van der Waals surface area contributed by atoms with E-state index >= 15 is 0 Å². The lowest BCUT2D eigenvalue weighted by molar-refractivity contribution is -0.138. The second kappa shape index (κ2) is 13.5. The summed E-state index contributed by atoms with van der Waals surface area (Å²) in [5, 5.41) is 9.41. The maximum Gasteiger partial charge on any atom is 0.338 e. The molecule has 0 bridgehead atoms. The molecule has 46 heavy (non-hydrogen) atoms.